The smallest absolute Gasteiger partial charge is 0.0464 e. The van der Waals surface area contributed by atoms with E-state index in [9.17, 15) is 0 Å². The summed E-state index contributed by atoms with van der Waals surface area (Å²) in [5.74, 6) is 0. The molecule has 0 unspecified atom stereocenters. The number of anilines is 1. The van der Waals surface area contributed by atoms with Crippen LogP contribution in [0.2, 0.25) is 0 Å². The molecule has 1 aromatic carbocycles. The highest BCUT2D eigenvalue weighted by molar-refractivity contribution is 5.93. The summed E-state index contributed by atoms with van der Waals surface area (Å²) in [6.07, 6.45) is 5.82. The Hall–Kier alpha value is -2.28. The molecule has 0 saturated carbocycles. The van der Waals surface area contributed by atoms with Gasteiger partial charge in [-0.15, -0.1) is 13.2 Å². The summed E-state index contributed by atoms with van der Waals surface area (Å²) in [7, 11) is 0. The van der Waals surface area contributed by atoms with Gasteiger partial charge in [-0.3, -0.25) is 0 Å². The summed E-state index contributed by atoms with van der Waals surface area (Å²) in [4.78, 5) is 0. The lowest BCUT2D eigenvalue weighted by Gasteiger charge is -2.25. The van der Waals surface area contributed by atoms with E-state index in [1.54, 1.807) is 6.08 Å². The fourth-order valence-corrected chi connectivity index (χ4v) is 1.95. The molecule has 0 atom stereocenters. The molecular weight excluding hydrogens is 218 g/mol. The van der Waals surface area contributed by atoms with Crippen LogP contribution in [0, 0.1) is 0 Å². The number of hydrogen-bond donors (Lipinski definition) is 1. The van der Waals surface area contributed by atoms with E-state index in [1.807, 2.05) is 25.1 Å². The quantitative estimate of drug-likeness (QED) is 0.682. The third kappa shape index (κ3) is 2.51. The zero-order valence-corrected chi connectivity index (χ0v) is 10.9. The van der Waals surface area contributed by atoms with Crippen LogP contribution < -0.4 is 5.32 Å². The minimum atomic E-state index is 1.06. The summed E-state index contributed by atoms with van der Waals surface area (Å²) in [5, 5.41) is 3.39. The summed E-state index contributed by atoms with van der Waals surface area (Å²) >= 11 is 0. The van der Waals surface area contributed by atoms with Crippen molar-refractivity contribution in [2.24, 2.45) is 0 Å². The van der Waals surface area contributed by atoms with Crippen molar-refractivity contribution in [2.75, 3.05) is 5.32 Å². The number of para-hydroxylation sites is 1. The average Bonchev–Trinajstić information content (AvgIpc) is 2.42. The van der Waals surface area contributed by atoms with Gasteiger partial charge in [0.15, 0.2) is 0 Å². The van der Waals surface area contributed by atoms with Crippen LogP contribution in [0.1, 0.15) is 12.5 Å². The Morgan fingerprint density at radius 3 is 2.44 bits per heavy atom. The van der Waals surface area contributed by atoms with Gasteiger partial charge in [-0.2, -0.15) is 0 Å². The van der Waals surface area contributed by atoms with Crippen molar-refractivity contribution in [3.05, 3.63) is 85.6 Å². The Morgan fingerprint density at radius 1 is 1.17 bits per heavy atom. The summed E-state index contributed by atoms with van der Waals surface area (Å²) < 4.78 is 0. The van der Waals surface area contributed by atoms with Crippen molar-refractivity contribution in [1.82, 2.24) is 0 Å². The number of fused-ring (bicyclic) bond motifs is 1. The van der Waals surface area contributed by atoms with E-state index in [-0.39, 0.29) is 0 Å². The molecule has 1 aliphatic heterocycles. The summed E-state index contributed by atoms with van der Waals surface area (Å²) in [5.41, 5.74) is 5.52. The van der Waals surface area contributed by atoms with Crippen molar-refractivity contribution < 1.29 is 0 Å². The van der Waals surface area contributed by atoms with Gasteiger partial charge in [0.2, 0.25) is 0 Å². The number of nitrogens with one attached hydrogen (secondary N) is 1. The first-order valence-corrected chi connectivity index (χ1v) is 5.83. The number of rotatable bonds is 1. The first-order valence-electron chi connectivity index (χ1n) is 5.83. The van der Waals surface area contributed by atoms with Gasteiger partial charge in [0.05, 0.1) is 0 Å². The highest BCUT2D eigenvalue weighted by Crippen LogP contribution is 2.37. The van der Waals surface area contributed by atoms with Crippen molar-refractivity contribution >= 4 is 11.3 Å². The van der Waals surface area contributed by atoms with Crippen LogP contribution in [0.25, 0.3) is 5.57 Å². The Labute approximate surface area is 110 Å². The molecule has 1 heteroatoms. The van der Waals surface area contributed by atoms with Crippen LogP contribution in [0.3, 0.4) is 0 Å². The molecule has 18 heavy (non-hydrogen) atoms. The predicted octanol–water partition coefficient (Wildman–Crippen LogP) is 4.94. The molecular formula is C17H19N. The third-order valence-corrected chi connectivity index (χ3v) is 2.71. The largest absolute Gasteiger partial charge is 0.355 e. The second kappa shape index (κ2) is 6.45. The predicted molar refractivity (Wildman–Crippen MR) is 82.4 cm³/mol. The Bertz CT molecular complexity index is 518. The van der Waals surface area contributed by atoms with Crippen LogP contribution >= 0.6 is 0 Å². The summed E-state index contributed by atoms with van der Waals surface area (Å²) in [6, 6.07) is 8.19. The average molecular weight is 237 g/mol. The van der Waals surface area contributed by atoms with E-state index in [0.29, 0.717) is 0 Å². The van der Waals surface area contributed by atoms with Gasteiger partial charge in [0, 0.05) is 22.5 Å². The van der Waals surface area contributed by atoms with E-state index in [0.717, 1.165) is 28.1 Å². The molecule has 1 N–H and O–H groups in total. The van der Waals surface area contributed by atoms with E-state index in [4.69, 9.17) is 0 Å². The van der Waals surface area contributed by atoms with Gasteiger partial charge in [-0.1, -0.05) is 43.5 Å². The first kappa shape index (κ1) is 13.8. The van der Waals surface area contributed by atoms with Crippen molar-refractivity contribution in [3.63, 3.8) is 0 Å². The van der Waals surface area contributed by atoms with Gasteiger partial charge >= 0.3 is 0 Å². The molecule has 2 rings (SSSR count). The molecule has 0 amide bonds. The number of allylic oxidation sites excluding steroid dienone is 4. The zero-order chi connectivity index (χ0) is 13.5. The molecule has 1 aromatic rings. The molecule has 1 aliphatic rings. The fraction of sp³-hybridized carbons (Fsp3) is 0.0588. The topological polar surface area (TPSA) is 12.0 Å². The highest BCUT2D eigenvalue weighted by atomic mass is 14.9. The molecule has 0 spiro atoms. The van der Waals surface area contributed by atoms with E-state index in [1.165, 1.54) is 0 Å². The molecule has 0 saturated heterocycles. The number of hydrogen-bond acceptors (Lipinski definition) is 1. The lowest BCUT2D eigenvalue weighted by Crippen LogP contribution is -2.11. The van der Waals surface area contributed by atoms with Crippen molar-refractivity contribution in [1.29, 1.82) is 0 Å². The van der Waals surface area contributed by atoms with Crippen LogP contribution in [0.4, 0.5) is 5.69 Å². The highest BCUT2D eigenvalue weighted by Gasteiger charge is 2.18. The van der Waals surface area contributed by atoms with E-state index < -0.39 is 0 Å². The van der Waals surface area contributed by atoms with Crippen molar-refractivity contribution in [3.8, 4) is 0 Å². The molecule has 1 heterocycles. The lowest BCUT2D eigenvalue weighted by molar-refractivity contribution is 1.34. The maximum absolute atomic E-state index is 4.16. The summed E-state index contributed by atoms with van der Waals surface area (Å²) in [6.45, 7) is 15.9. The molecule has 0 aliphatic carbocycles. The Balaban J connectivity index is 0.000000771. The maximum atomic E-state index is 4.16. The molecule has 92 valence electrons. The zero-order valence-electron chi connectivity index (χ0n) is 10.9. The maximum Gasteiger partial charge on any atom is 0.0464 e. The van der Waals surface area contributed by atoms with Gasteiger partial charge in [-0.05, 0) is 24.6 Å². The minimum absolute atomic E-state index is 1.06. The minimum Gasteiger partial charge on any atom is -0.355 e. The molecule has 0 bridgehead atoms. The Morgan fingerprint density at radius 2 is 1.83 bits per heavy atom. The van der Waals surface area contributed by atoms with Crippen LogP contribution in [-0.4, -0.2) is 0 Å². The molecule has 0 fully saturated rings. The number of benzene rings is 1. The second-order valence-corrected chi connectivity index (χ2v) is 3.67. The van der Waals surface area contributed by atoms with E-state index >= 15 is 0 Å². The van der Waals surface area contributed by atoms with Crippen molar-refractivity contribution in [2.45, 2.75) is 6.92 Å². The lowest BCUT2D eigenvalue weighted by atomic mass is 9.91. The molecule has 0 radical (unpaired) electrons. The van der Waals surface area contributed by atoms with Crippen LogP contribution in [0.15, 0.2) is 80.1 Å². The van der Waals surface area contributed by atoms with Gasteiger partial charge in [0.1, 0.15) is 0 Å². The normalized spacial score (nSPS) is 17.5. The molecule has 0 aromatic heterocycles. The van der Waals surface area contributed by atoms with Crippen LogP contribution in [0.5, 0.6) is 0 Å². The monoisotopic (exact) mass is 237 g/mol. The molecule has 1 nitrogen and oxygen atoms in total. The standard InChI is InChI=1S/C15H15N.C2H4/c1-4-8-14-12(5-2)11(3)13-9-6-7-10-15(13)16-14;1-2/h4-10,16H,1,3H2,2H3;1-2H2/b12-5-,14-8+;. The Kier molecular flexibility index (Phi) is 4.94. The SMILES string of the molecule is C=C.C=C/C=C1/Nc2ccccc2C(=C)/C1=C/C. The second-order valence-electron chi connectivity index (χ2n) is 3.67. The first-order chi connectivity index (χ1) is 8.77. The van der Waals surface area contributed by atoms with Crippen LogP contribution in [-0.2, 0) is 0 Å². The van der Waals surface area contributed by atoms with Gasteiger partial charge < -0.3 is 5.32 Å². The fourth-order valence-electron chi connectivity index (χ4n) is 1.95. The third-order valence-electron chi connectivity index (χ3n) is 2.71. The van der Waals surface area contributed by atoms with Gasteiger partial charge in [0.25, 0.3) is 0 Å². The van der Waals surface area contributed by atoms with E-state index in [2.05, 4.69) is 49.8 Å². The van der Waals surface area contributed by atoms with Gasteiger partial charge in [-0.25, -0.2) is 0 Å².